The van der Waals surface area contributed by atoms with Crippen LogP contribution in [0.4, 0.5) is 5.69 Å². The normalized spacial score (nSPS) is 24.9. The molecule has 2 N–H and O–H groups in total. The Hall–Kier alpha value is -2.82. The lowest BCUT2D eigenvalue weighted by molar-refractivity contribution is -0.136. The minimum Gasteiger partial charge on any atom is -0.369 e. The van der Waals surface area contributed by atoms with Gasteiger partial charge in [-0.15, -0.1) is 0 Å². The molecule has 10 nitrogen and oxygen atoms in total. The van der Waals surface area contributed by atoms with Gasteiger partial charge in [-0.25, -0.2) is 0 Å². The molecule has 0 saturated carbocycles. The number of imide groups is 2. The quantitative estimate of drug-likeness (QED) is 0.553. The molecule has 3 fully saturated rings. The van der Waals surface area contributed by atoms with E-state index < -0.39 is 23.8 Å². The highest BCUT2D eigenvalue weighted by Crippen LogP contribution is 2.31. The van der Waals surface area contributed by atoms with Crippen LogP contribution >= 0.6 is 0 Å². The molecule has 5 rings (SSSR count). The summed E-state index contributed by atoms with van der Waals surface area (Å²) in [5.74, 6) is -1.88. The van der Waals surface area contributed by atoms with Crippen LogP contribution in [0.15, 0.2) is 18.2 Å². The number of anilines is 1. The number of piperidine rings is 1. The third-order valence-corrected chi connectivity index (χ3v) is 7.10. The van der Waals surface area contributed by atoms with Gasteiger partial charge in [-0.2, -0.15) is 0 Å². The molecule has 10 heteroatoms. The Morgan fingerprint density at radius 3 is 2.18 bits per heavy atom. The van der Waals surface area contributed by atoms with E-state index in [1.165, 1.54) is 0 Å². The number of hydrogen-bond donors (Lipinski definition) is 2. The first kappa shape index (κ1) is 22.0. The molecule has 0 radical (unpaired) electrons. The van der Waals surface area contributed by atoms with E-state index in [1.54, 1.807) is 12.1 Å². The van der Waals surface area contributed by atoms with Gasteiger partial charge >= 0.3 is 0 Å². The van der Waals surface area contributed by atoms with Crippen LogP contribution in [0.1, 0.15) is 33.6 Å². The summed E-state index contributed by atoms with van der Waals surface area (Å²) in [4.78, 5) is 57.9. The van der Waals surface area contributed by atoms with Crippen LogP contribution in [0, 0.1) is 0 Å². The van der Waals surface area contributed by atoms with Gasteiger partial charge in [0.2, 0.25) is 11.8 Å². The van der Waals surface area contributed by atoms with Crippen molar-refractivity contribution in [3.63, 3.8) is 0 Å². The molecule has 0 aliphatic carbocycles. The fourth-order valence-corrected chi connectivity index (χ4v) is 5.10. The highest BCUT2D eigenvalue weighted by atomic mass is 16.2. The highest BCUT2D eigenvalue weighted by Gasteiger charge is 2.44. The molecule has 4 amide bonds. The van der Waals surface area contributed by atoms with Gasteiger partial charge in [-0.1, -0.05) is 0 Å². The first-order valence-corrected chi connectivity index (χ1v) is 11.8. The molecule has 1 unspecified atom stereocenters. The lowest BCUT2D eigenvalue weighted by Crippen LogP contribution is -2.54. The fraction of sp³-hybridized carbons (Fsp3) is 0.565. The van der Waals surface area contributed by atoms with Crippen molar-refractivity contribution in [2.45, 2.75) is 18.9 Å². The number of hydrogen-bond acceptors (Lipinski definition) is 8. The molecular formula is C23H30N6O4. The van der Waals surface area contributed by atoms with Crippen molar-refractivity contribution >= 4 is 29.3 Å². The molecule has 33 heavy (non-hydrogen) atoms. The number of piperazine rings is 2. The molecule has 3 saturated heterocycles. The summed E-state index contributed by atoms with van der Waals surface area (Å²) in [7, 11) is 0. The number of rotatable bonds is 5. The topological polar surface area (TPSA) is 105 Å². The minimum atomic E-state index is -0.933. The van der Waals surface area contributed by atoms with Gasteiger partial charge in [0, 0.05) is 77.6 Å². The largest absolute Gasteiger partial charge is 0.369 e. The van der Waals surface area contributed by atoms with E-state index in [2.05, 4.69) is 25.3 Å². The maximum absolute atomic E-state index is 13.1. The molecule has 4 aliphatic heterocycles. The Balaban J connectivity index is 1.21. The van der Waals surface area contributed by atoms with Crippen molar-refractivity contribution in [2.75, 3.05) is 70.3 Å². The van der Waals surface area contributed by atoms with Crippen LogP contribution in [0.5, 0.6) is 0 Å². The van der Waals surface area contributed by atoms with Gasteiger partial charge in [0.15, 0.2) is 0 Å². The average molecular weight is 455 g/mol. The Morgan fingerprint density at radius 2 is 1.48 bits per heavy atom. The van der Waals surface area contributed by atoms with Crippen LogP contribution in [0.2, 0.25) is 0 Å². The van der Waals surface area contributed by atoms with Gasteiger partial charge in [-0.3, -0.25) is 39.2 Å². The van der Waals surface area contributed by atoms with E-state index in [-0.39, 0.29) is 18.7 Å². The lowest BCUT2D eigenvalue weighted by atomic mass is 10.0. The summed E-state index contributed by atoms with van der Waals surface area (Å²) in [5, 5.41) is 5.61. The van der Waals surface area contributed by atoms with E-state index in [1.807, 2.05) is 6.07 Å². The number of carbonyl (C=O) groups excluding carboxylic acids is 4. The highest BCUT2D eigenvalue weighted by molar-refractivity contribution is 6.23. The maximum Gasteiger partial charge on any atom is 0.262 e. The van der Waals surface area contributed by atoms with E-state index in [9.17, 15) is 19.2 Å². The van der Waals surface area contributed by atoms with Crippen molar-refractivity contribution < 1.29 is 19.2 Å². The Bertz CT molecular complexity index is 968. The predicted molar refractivity (Wildman–Crippen MR) is 121 cm³/mol. The van der Waals surface area contributed by atoms with Crippen LogP contribution in [-0.4, -0.2) is 110 Å². The molecule has 0 aromatic heterocycles. The standard InChI is InChI=1S/C23H30N6O4/c30-20-4-3-19(21(31)25-20)29-22(32)17-2-1-16(15-18(17)23(29)33)28-13-11-27(12-14-28)10-9-26-7-5-24-6-8-26/h1-2,15,19,24H,3-14H2,(H,25,30,31). The Kier molecular flexibility index (Phi) is 6.13. The van der Waals surface area contributed by atoms with E-state index in [0.29, 0.717) is 11.1 Å². The number of fused-ring (bicyclic) bond motifs is 1. The average Bonchev–Trinajstić information content (AvgIpc) is 3.08. The van der Waals surface area contributed by atoms with Gasteiger partial charge in [0.25, 0.3) is 11.8 Å². The molecule has 0 spiro atoms. The molecule has 0 bridgehead atoms. The van der Waals surface area contributed by atoms with E-state index >= 15 is 0 Å². The zero-order valence-electron chi connectivity index (χ0n) is 18.7. The van der Waals surface area contributed by atoms with Crippen molar-refractivity contribution in [1.82, 2.24) is 25.3 Å². The Labute approximate surface area is 192 Å². The molecule has 1 aromatic carbocycles. The molecular weight excluding hydrogens is 424 g/mol. The van der Waals surface area contributed by atoms with Crippen molar-refractivity contribution in [1.29, 1.82) is 0 Å². The molecule has 4 heterocycles. The maximum atomic E-state index is 13.1. The van der Waals surface area contributed by atoms with Crippen LogP contribution < -0.4 is 15.5 Å². The molecule has 176 valence electrons. The number of nitrogens with one attached hydrogen (secondary N) is 2. The summed E-state index contributed by atoms with van der Waals surface area (Å²) in [6.07, 6.45) is 0.285. The summed E-state index contributed by atoms with van der Waals surface area (Å²) < 4.78 is 0. The Morgan fingerprint density at radius 1 is 0.818 bits per heavy atom. The van der Waals surface area contributed by atoms with Crippen molar-refractivity contribution in [3.8, 4) is 0 Å². The minimum absolute atomic E-state index is 0.119. The summed E-state index contributed by atoms with van der Waals surface area (Å²) in [6.45, 7) is 10.1. The number of nitrogens with zero attached hydrogens (tertiary/aromatic N) is 4. The second-order valence-electron chi connectivity index (χ2n) is 9.10. The van der Waals surface area contributed by atoms with Crippen molar-refractivity contribution in [2.24, 2.45) is 0 Å². The van der Waals surface area contributed by atoms with Crippen LogP contribution in [-0.2, 0) is 9.59 Å². The zero-order chi connectivity index (χ0) is 22.9. The second kappa shape index (κ2) is 9.20. The molecule has 1 aromatic rings. The van der Waals surface area contributed by atoms with Crippen LogP contribution in [0.3, 0.4) is 0 Å². The van der Waals surface area contributed by atoms with Crippen molar-refractivity contribution in [3.05, 3.63) is 29.3 Å². The summed E-state index contributed by atoms with van der Waals surface area (Å²) >= 11 is 0. The van der Waals surface area contributed by atoms with Crippen LogP contribution in [0.25, 0.3) is 0 Å². The smallest absolute Gasteiger partial charge is 0.262 e. The number of amides is 4. The lowest BCUT2D eigenvalue weighted by Gasteiger charge is -2.37. The third kappa shape index (κ3) is 4.38. The predicted octanol–water partition coefficient (Wildman–Crippen LogP) is -0.885. The summed E-state index contributed by atoms with van der Waals surface area (Å²) in [5.41, 5.74) is 1.58. The van der Waals surface area contributed by atoms with Gasteiger partial charge in [0.1, 0.15) is 6.04 Å². The first-order valence-electron chi connectivity index (χ1n) is 11.8. The van der Waals surface area contributed by atoms with Gasteiger partial charge in [0.05, 0.1) is 11.1 Å². The van der Waals surface area contributed by atoms with E-state index in [0.717, 1.165) is 76.0 Å². The van der Waals surface area contributed by atoms with Gasteiger partial charge in [-0.05, 0) is 24.6 Å². The number of benzene rings is 1. The fourth-order valence-electron chi connectivity index (χ4n) is 5.10. The van der Waals surface area contributed by atoms with Gasteiger partial charge < -0.3 is 10.2 Å². The van der Waals surface area contributed by atoms with E-state index in [4.69, 9.17) is 0 Å². The molecule has 4 aliphatic rings. The zero-order valence-corrected chi connectivity index (χ0v) is 18.7. The number of carbonyl (C=O) groups is 4. The third-order valence-electron chi connectivity index (χ3n) is 7.10. The summed E-state index contributed by atoms with van der Waals surface area (Å²) in [6, 6.07) is 4.41. The molecule has 1 atom stereocenters. The SMILES string of the molecule is O=C1CCC(N2C(=O)c3ccc(N4CCN(CCN5CCNCC5)CC4)cc3C2=O)C(=O)N1. The monoisotopic (exact) mass is 454 g/mol. The second-order valence-corrected chi connectivity index (χ2v) is 9.10. The first-order chi connectivity index (χ1) is 16.0.